The summed E-state index contributed by atoms with van der Waals surface area (Å²) in [7, 11) is 1.58. The molecular weight excluding hydrogens is 188 g/mol. The number of nitrogens with zero attached hydrogens (tertiary/aromatic N) is 1. The average molecular weight is 199 g/mol. The minimum atomic E-state index is 0.502. The fraction of sp³-hybridized carbons (Fsp3) is 0.222. The summed E-state index contributed by atoms with van der Waals surface area (Å²) < 4.78 is 4.96. The molecule has 0 saturated carbocycles. The van der Waals surface area contributed by atoms with E-state index in [1.165, 1.54) is 0 Å². The largest absolute Gasteiger partial charge is 0.481 e. The maximum Gasteiger partial charge on any atom is 0.214 e. The first-order chi connectivity index (χ1) is 6.22. The van der Waals surface area contributed by atoms with E-state index in [9.17, 15) is 0 Å². The van der Waals surface area contributed by atoms with Gasteiger partial charge in [-0.1, -0.05) is 24.2 Å². The smallest absolute Gasteiger partial charge is 0.214 e. The molecule has 3 nitrogen and oxygen atoms in total. The van der Waals surface area contributed by atoms with E-state index in [1.54, 1.807) is 13.2 Å². The van der Waals surface area contributed by atoms with E-state index in [2.05, 4.69) is 16.9 Å². The first-order valence-corrected chi connectivity index (χ1v) is 4.18. The summed E-state index contributed by atoms with van der Waals surface area (Å²) in [5, 5.41) is 3.54. The molecule has 4 heteroatoms. The molecule has 0 aromatic carbocycles. The van der Waals surface area contributed by atoms with Crippen LogP contribution in [0.15, 0.2) is 29.8 Å². The van der Waals surface area contributed by atoms with Crippen molar-refractivity contribution in [3.63, 3.8) is 0 Å². The number of methoxy groups -OCH3 is 1. The Labute approximate surface area is 82.4 Å². The SMILES string of the molecule is C=C(Cl)CNc1cccc(OC)n1. The summed E-state index contributed by atoms with van der Waals surface area (Å²) >= 11 is 5.59. The lowest BCUT2D eigenvalue weighted by Gasteiger charge is -2.05. The number of halogens is 1. The maximum atomic E-state index is 5.59. The molecule has 0 fully saturated rings. The third kappa shape index (κ3) is 3.34. The van der Waals surface area contributed by atoms with Gasteiger partial charge in [0.2, 0.25) is 5.88 Å². The van der Waals surface area contributed by atoms with E-state index < -0.39 is 0 Å². The molecule has 0 atom stereocenters. The van der Waals surface area contributed by atoms with Gasteiger partial charge in [0.15, 0.2) is 0 Å². The predicted molar refractivity (Wildman–Crippen MR) is 54.3 cm³/mol. The number of pyridine rings is 1. The Hall–Kier alpha value is -1.22. The number of hydrogen-bond donors (Lipinski definition) is 1. The van der Waals surface area contributed by atoms with E-state index >= 15 is 0 Å². The van der Waals surface area contributed by atoms with Crippen molar-refractivity contribution in [2.24, 2.45) is 0 Å². The Morgan fingerprint density at radius 3 is 3.08 bits per heavy atom. The van der Waals surface area contributed by atoms with Crippen molar-refractivity contribution >= 4 is 17.4 Å². The predicted octanol–water partition coefficient (Wildman–Crippen LogP) is 2.25. The van der Waals surface area contributed by atoms with Gasteiger partial charge in [0.1, 0.15) is 5.82 Å². The molecule has 0 aliphatic heterocycles. The lowest BCUT2D eigenvalue weighted by Crippen LogP contribution is -2.03. The fourth-order valence-corrected chi connectivity index (χ4v) is 0.880. The first kappa shape index (κ1) is 9.86. The molecule has 1 rings (SSSR count). The highest BCUT2D eigenvalue weighted by atomic mass is 35.5. The van der Waals surface area contributed by atoms with Gasteiger partial charge < -0.3 is 10.1 Å². The Morgan fingerprint density at radius 1 is 1.69 bits per heavy atom. The lowest BCUT2D eigenvalue weighted by atomic mass is 10.4. The molecule has 70 valence electrons. The lowest BCUT2D eigenvalue weighted by molar-refractivity contribution is 0.398. The molecule has 0 bridgehead atoms. The third-order valence-corrected chi connectivity index (χ3v) is 1.53. The maximum absolute atomic E-state index is 5.59. The highest BCUT2D eigenvalue weighted by molar-refractivity contribution is 6.29. The van der Waals surface area contributed by atoms with Crippen molar-refractivity contribution in [1.82, 2.24) is 4.98 Å². The highest BCUT2D eigenvalue weighted by Crippen LogP contribution is 2.11. The van der Waals surface area contributed by atoms with Gasteiger partial charge in [-0.3, -0.25) is 0 Å². The molecule has 0 unspecified atom stereocenters. The molecule has 1 N–H and O–H groups in total. The second-order valence-electron chi connectivity index (χ2n) is 2.44. The number of aromatic nitrogens is 1. The van der Waals surface area contributed by atoms with Crippen LogP contribution in [0.2, 0.25) is 0 Å². The second kappa shape index (κ2) is 4.72. The van der Waals surface area contributed by atoms with Crippen LogP contribution in [0, 0.1) is 0 Å². The molecule has 1 heterocycles. The minimum Gasteiger partial charge on any atom is -0.481 e. The van der Waals surface area contributed by atoms with Gasteiger partial charge >= 0.3 is 0 Å². The topological polar surface area (TPSA) is 34.1 Å². The zero-order valence-corrected chi connectivity index (χ0v) is 8.14. The minimum absolute atomic E-state index is 0.502. The second-order valence-corrected chi connectivity index (χ2v) is 2.97. The van der Waals surface area contributed by atoms with Crippen LogP contribution in [-0.2, 0) is 0 Å². The van der Waals surface area contributed by atoms with Crippen molar-refractivity contribution in [3.05, 3.63) is 29.8 Å². The summed E-state index contributed by atoms with van der Waals surface area (Å²) in [6.07, 6.45) is 0. The molecule has 0 aliphatic carbocycles. The van der Waals surface area contributed by atoms with Gasteiger partial charge in [-0.05, 0) is 6.07 Å². The highest BCUT2D eigenvalue weighted by Gasteiger charge is 1.96. The van der Waals surface area contributed by atoms with Crippen molar-refractivity contribution in [2.45, 2.75) is 0 Å². The van der Waals surface area contributed by atoms with Crippen LogP contribution < -0.4 is 10.1 Å². The van der Waals surface area contributed by atoms with E-state index in [4.69, 9.17) is 16.3 Å². The average Bonchev–Trinajstić information content (AvgIpc) is 2.15. The van der Waals surface area contributed by atoms with Crippen molar-refractivity contribution in [3.8, 4) is 5.88 Å². The number of anilines is 1. The van der Waals surface area contributed by atoms with Crippen LogP contribution in [0.5, 0.6) is 5.88 Å². The van der Waals surface area contributed by atoms with Crippen molar-refractivity contribution in [2.75, 3.05) is 19.0 Å². The molecular formula is C9H11ClN2O. The molecule has 13 heavy (non-hydrogen) atoms. The van der Waals surface area contributed by atoms with Gasteiger partial charge in [-0.2, -0.15) is 4.98 Å². The van der Waals surface area contributed by atoms with Gasteiger partial charge in [0.25, 0.3) is 0 Å². The van der Waals surface area contributed by atoms with Gasteiger partial charge in [0, 0.05) is 11.1 Å². The Morgan fingerprint density at radius 2 is 2.46 bits per heavy atom. The van der Waals surface area contributed by atoms with Crippen LogP contribution in [-0.4, -0.2) is 18.6 Å². The number of rotatable bonds is 4. The number of hydrogen-bond acceptors (Lipinski definition) is 3. The van der Waals surface area contributed by atoms with Crippen LogP contribution in [0.3, 0.4) is 0 Å². The Balaban J connectivity index is 2.61. The molecule has 0 amide bonds. The van der Waals surface area contributed by atoms with Crippen LogP contribution in [0.4, 0.5) is 5.82 Å². The monoisotopic (exact) mass is 198 g/mol. The van der Waals surface area contributed by atoms with E-state index in [0.717, 1.165) is 5.82 Å². The van der Waals surface area contributed by atoms with Gasteiger partial charge in [-0.25, -0.2) is 0 Å². The van der Waals surface area contributed by atoms with E-state index in [1.807, 2.05) is 12.1 Å². The van der Waals surface area contributed by atoms with Crippen LogP contribution in [0.25, 0.3) is 0 Å². The summed E-state index contributed by atoms with van der Waals surface area (Å²) in [6.45, 7) is 4.06. The van der Waals surface area contributed by atoms with E-state index in [-0.39, 0.29) is 0 Å². The van der Waals surface area contributed by atoms with Crippen LogP contribution in [0.1, 0.15) is 0 Å². The molecule has 1 aromatic rings. The van der Waals surface area contributed by atoms with Crippen molar-refractivity contribution < 1.29 is 4.74 Å². The zero-order chi connectivity index (χ0) is 9.68. The zero-order valence-electron chi connectivity index (χ0n) is 7.38. The summed E-state index contributed by atoms with van der Waals surface area (Å²) in [5.41, 5.74) is 0. The summed E-state index contributed by atoms with van der Waals surface area (Å²) in [5.74, 6) is 1.30. The molecule has 1 aromatic heterocycles. The van der Waals surface area contributed by atoms with Crippen LogP contribution >= 0.6 is 11.6 Å². The quantitative estimate of drug-likeness (QED) is 0.806. The van der Waals surface area contributed by atoms with E-state index in [0.29, 0.717) is 17.5 Å². The molecule has 0 aliphatic rings. The Kier molecular flexibility index (Phi) is 3.58. The molecule has 0 spiro atoms. The van der Waals surface area contributed by atoms with Gasteiger partial charge in [-0.15, -0.1) is 0 Å². The Bertz CT molecular complexity index is 301. The fourth-order valence-electron chi connectivity index (χ4n) is 0.813. The standard InChI is InChI=1S/C9H11ClN2O/c1-7(10)6-11-8-4-3-5-9(12-8)13-2/h3-5H,1,6H2,2H3,(H,11,12). The third-order valence-electron chi connectivity index (χ3n) is 1.39. The summed E-state index contributed by atoms with van der Waals surface area (Å²) in [6, 6.07) is 5.47. The number of nitrogens with one attached hydrogen (secondary N) is 1. The molecule has 0 saturated heterocycles. The molecule has 0 radical (unpaired) electrons. The normalized spacial score (nSPS) is 9.38. The van der Waals surface area contributed by atoms with Gasteiger partial charge in [0.05, 0.1) is 13.7 Å². The number of ether oxygens (including phenoxy) is 1. The van der Waals surface area contributed by atoms with Crippen molar-refractivity contribution in [1.29, 1.82) is 0 Å². The first-order valence-electron chi connectivity index (χ1n) is 3.80. The summed E-state index contributed by atoms with van der Waals surface area (Å²) in [4.78, 5) is 4.13.